The number of nitrogens with one attached hydrogen (secondary N) is 2. The predicted octanol–water partition coefficient (Wildman–Crippen LogP) is 2.53. The molecule has 128 valence electrons. The SMILES string of the molecule is COc1ccc2c(c1)C(c1ccc(C)cc1)=NCC(NNC(C)=O)=N2. The second-order valence-electron chi connectivity index (χ2n) is 5.78. The fourth-order valence-electron chi connectivity index (χ4n) is 2.54. The molecule has 1 heterocycles. The van der Waals surface area contributed by atoms with Crippen molar-refractivity contribution in [3.63, 3.8) is 0 Å². The summed E-state index contributed by atoms with van der Waals surface area (Å²) in [7, 11) is 1.63. The normalized spacial score (nSPS) is 13.1. The number of benzene rings is 2. The molecule has 0 saturated heterocycles. The van der Waals surface area contributed by atoms with E-state index in [0.717, 1.165) is 28.3 Å². The van der Waals surface area contributed by atoms with Gasteiger partial charge < -0.3 is 4.74 Å². The van der Waals surface area contributed by atoms with Crippen LogP contribution in [0, 0.1) is 6.92 Å². The van der Waals surface area contributed by atoms with E-state index in [-0.39, 0.29) is 5.91 Å². The zero-order valence-electron chi connectivity index (χ0n) is 14.5. The molecule has 1 amide bonds. The number of fused-ring (bicyclic) bond motifs is 1. The Hall–Kier alpha value is -3.15. The monoisotopic (exact) mass is 336 g/mol. The number of carbonyl (C=O) groups excluding carboxylic acids is 1. The van der Waals surface area contributed by atoms with Gasteiger partial charge >= 0.3 is 0 Å². The van der Waals surface area contributed by atoms with Crippen molar-refractivity contribution in [1.29, 1.82) is 0 Å². The van der Waals surface area contributed by atoms with Gasteiger partial charge in [-0.05, 0) is 25.1 Å². The summed E-state index contributed by atoms with van der Waals surface area (Å²) in [5, 5.41) is 0. The van der Waals surface area contributed by atoms with E-state index in [2.05, 4.69) is 28.0 Å². The van der Waals surface area contributed by atoms with Crippen LogP contribution in [0.1, 0.15) is 23.6 Å². The average Bonchev–Trinajstić information content (AvgIpc) is 2.79. The summed E-state index contributed by atoms with van der Waals surface area (Å²) in [5.41, 5.74) is 10.1. The van der Waals surface area contributed by atoms with Crippen molar-refractivity contribution in [3.05, 3.63) is 59.2 Å². The number of hydrazine groups is 1. The predicted molar refractivity (Wildman–Crippen MR) is 98.7 cm³/mol. The van der Waals surface area contributed by atoms with Crippen molar-refractivity contribution in [2.75, 3.05) is 13.7 Å². The summed E-state index contributed by atoms with van der Waals surface area (Å²) in [6.45, 7) is 3.82. The van der Waals surface area contributed by atoms with Gasteiger partial charge in [-0.25, -0.2) is 4.99 Å². The first kappa shape index (κ1) is 16.7. The Labute approximate surface area is 146 Å². The van der Waals surface area contributed by atoms with E-state index in [1.165, 1.54) is 12.5 Å². The zero-order valence-corrected chi connectivity index (χ0v) is 14.5. The number of methoxy groups -OCH3 is 1. The Morgan fingerprint density at radius 3 is 2.60 bits per heavy atom. The number of hydrogen-bond donors (Lipinski definition) is 2. The molecule has 0 aromatic heterocycles. The second-order valence-corrected chi connectivity index (χ2v) is 5.78. The lowest BCUT2D eigenvalue weighted by Gasteiger charge is -2.10. The fourth-order valence-corrected chi connectivity index (χ4v) is 2.54. The maximum Gasteiger partial charge on any atom is 0.235 e. The standard InChI is InChI=1S/C19H20N4O2/c1-12-4-6-14(7-5-12)19-16-10-15(25-3)8-9-17(16)21-18(11-20-19)23-22-13(2)24/h4-10H,11H2,1-3H3,(H,21,23)(H,22,24). The van der Waals surface area contributed by atoms with E-state index in [4.69, 9.17) is 9.73 Å². The summed E-state index contributed by atoms with van der Waals surface area (Å²) >= 11 is 0. The van der Waals surface area contributed by atoms with Crippen LogP contribution >= 0.6 is 0 Å². The minimum atomic E-state index is -0.190. The molecule has 2 N–H and O–H groups in total. The first-order valence-electron chi connectivity index (χ1n) is 7.97. The van der Waals surface area contributed by atoms with Crippen molar-refractivity contribution in [2.45, 2.75) is 13.8 Å². The molecule has 0 radical (unpaired) electrons. The van der Waals surface area contributed by atoms with Gasteiger partial charge in [-0.3, -0.25) is 20.6 Å². The summed E-state index contributed by atoms with van der Waals surface area (Å²) < 4.78 is 5.35. The van der Waals surface area contributed by atoms with Gasteiger partial charge in [-0.2, -0.15) is 0 Å². The number of aliphatic imine (C=N–C) groups is 2. The summed E-state index contributed by atoms with van der Waals surface area (Å²) in [6.07, 6.45) is 0. The molecule has 0 unspecified atom stereocenters. The molecule has 1 aliphatic rings. The molecule has 0 spiro atoms. The Morgan fingerprint density at radius 2 is 1.92 bits per heavy atom. The van der Waals surface area contributed by atoms with Crippen LogP contribution in [-0.4, -0.2) is 31.1 Å². The zero-order chi connectivity index (χ0) is 17.8. The van der Waals surface area contributed by atoms with Crippen molar-refractivity contribution in [1.82, 2.24) is 10.9 Å². The number of amidine groups is 1. The molecule has 6 heteroatoms. The Morgan fingerprint density at radius 1 is 1.16 bits per heavy atom. The molecule has 6 nitrogen and oxygen atoms in total. The van der Waals surface area contributed by atoms with E-state index < -0.39 is 0 Å². The largest absolute Gasteiger partial charge is 0.497 e. The smallest absolute Gasteiger partial charge is 0.235 e. The van der Waals surface area contributed by atoms with Crippen LogP contribution in [-0.2, 0) is 4.79 Å². The van der Waals surface area contributed by atoms with Crippen molar-refractivity contribution >= 4 is 23.1 Å². The first-order chi connectivity index (χ1) is 12.1. The molecular weight excluding hydrogens is 316 g/mol. The average molecular weight is 336 g/mol. The number of ether oxygens (including phenoxy) is 1. The third-order valence-corrected chi connectivity index (χ3v) is 3.81. The number of rotatable bonds is 2. The van der Waals surface area contributed by atoms with Crippen LogP contribution < -0.4 is 15.6 Å². The van der Waals surface area contributed by atoms with Gasteiger partial charge in [0.2, 0.25) is 5.91 Å². The maximum absolute atomic E-state index is 11.1. The third-order valence-electron chi connectivity index (χ3n) is 3.81. The minimum absolute atomic E-state index is 0.190. The van der Waals surface area contributed by atoms with E-state index in [1.54, 1.807) is 7.11 Å². The number of nitrogens with zero attached hydrogens (tertiary/aromatic N) is 2. The van der Waals surface area contributed by atoms with Crippen LogP contribution in [0.2, 0.25) is 0 Å². The van der Waals surface area contributed by atoms with Gasteiger partial charge in [-0.15, -0.1) is 0 Å². The number of aryl methyl sites for hydroxylation is 1. The van der Waals surface area contributed by atoms with E-state index >= 15 is 0 Å². The Balaban J connectivity index is 2.06. The van der Waals surface area contributed by atoms with Gasteiger partial charge in [0.15, 0.2) is 0 Å². The number of hydrogen-bond acceptors (Lipinski definition) is 5. The van der Waals surface area contributed by atoms with E-state index in [9.17, 15) is 4.79 Å². The minimum Gasteiger partial charge on any atom is -0.497 e. The lowest BCUT2D eigenvalue weighted by atomic mass is 9.99. The van der Waals surface area contributed by atoms with Crippen molar-refractivity contribution in [2.24, 2.45) is 9.98 Å². The molecule has 2 aromatic rings. The van der Waals surface area contributed by atoms with Crippen LogP contribution in [0.15, 0.2) is 52.4 Å². The molecule has 25 heavy (non-hydrogen) atoms. The van der Waals surface area contributed by atoms with E-state index in [1.807, 2.05) is 37.3 Å². The molecule has 2 aromatic carbocycles. The van der Waals surface area contributed by atoms with Crippen LogP contribution in [0.4, 0.5) is 5.69 Å². The molecule has 0 saturated carbocycles. The maximum atomic E-state index is 11.1. The highest BCUT2D eigenvalue weighted by molar-refractivity contribution is 6.17. The second kappa shape index (κ2) is 7.17. The first-order valence-corrected chi connectivity index (χ1v) is 7.97. The Bertz CT molecular complexity index is 854. The van der Waals surface area contributed by atoms with Crippen molar-refractivity contribution < 1.29 is 9.53 Å². The lowest BCUT2D eigenvalue weighted by Crippen LogP contribution is -2.41. The highest BCUT2D eigenvalue weighted by Crippen LogP contribution is 2.29. The van der Waals surface area contributed by atoms with Gasteiger partial charge in [0, 0.05) is 18.1 Å². The molecule has 0 bridgehead atoms. The molecule has 0 aliphatic carbocycles. The summed E-state index contributed by atoms with van der Waals surface area (Å²) in [4.78, 5) is 20.5. The fraction of sp³-hybridized carbons (Fsp3) is 0.211. The molecule has 0 atom stereocenters. The quantitative estimate of drug-likeness (QED) is 0.828. The number of carbonyl (C=O) groups is 1. The topological polar surface area (TPSA) is 75.1 Å². The van der Waals surface area contributed by atoms with Crippen molar-refractivity contribution in [3.8, 4) is 5.75 Å². The number of amides is 1. The molecule has 0 fully saturated rings. The van der Waals surface area contributed by atoms with Crippen LogP contribution in [0.3, 0.4) is 0 Å². The molecule has 3 rings (SSSR count). The van der Waals surface area contributed by atoms with Crippen LogP contribution in [0.5, 0.6) is 5.75 Å². The summed E-state index contributed by atoms with van der Waals surface area (Å²) in [6, 6.07) is 13.9. The van der Waals surface area contributed by atoms with Gasteiger partial charge in [-0.1, -0.05) is 29.8 Å². The molecule has 1 aliphatic heterocycles. The molecular formula is C19H20N4O2. The van der Waals surface area contributed by atoms with Crippen LogP contribution in [0.25, 0.3) is 0 Å². The lowest BCUT2D eigenvalue weighted by molar-refractivity contribution is -0.119. The van der Waals surface area contributed by atoms with Gasteiger partial charge in [0.05, 0.1) is 25.1 Å². The summed E-state index contributed by atoms with van der Waals surface area (Å²) in [5.74, 6) is 1.13. The highest BCUT2D eigenvalue weighted by atomic mass is 16.5. The van der Waals surface area contributed by atoms with E-state index in [0.29, 0.717) is 12.4 Å². The highest BCUT2D eigenvalue weighted by Gasteiger charge is 2.17. The third kappa shape index (κ3) is 3.85. The van der Waals surface area contributed by atoms with Gasteiger partial charge in [0.25, 0.3) is 0 Å². The van der Waals surface area contributed by atoms with Gasteiger partial charge in [0.1, 0.15) is 11.6 Å². The Kier molecular flexibility index (Phi) is 4.79.